The van der Waals surface area contributed by atoms with Crippen molar-refractivity contribution in [1.29, 1.82) is 5.26 Å². The van der Waals surface area contributed by atoms with Gasteiger partial charge < -0.3 is 8.98 Å². The minimum absolute atomic E-state index is 0.121. The van der Waals surface area contributed by atoms with Crippen LogP contribution in [-0.2, 0) is 6.54 Å². The monoisotopic (exact) mass is 348 g/mol. The smallest absolute Gasteiger partial charge is 0.289 e. The van der Waals surface area contributed by atoms with Crippen LogP contribution in [0.5, 0.6) is 0 Å². The van der Waals surface area contributed by atoms with Crippen LogP contribution in [0.25, 0.3) is 0 Å². The molecule has 0 aliphatic carbocycles. The van der Waals surface area contributed by atoms with E-state index in [1.165, 1.54) is 4.68 Å². The van der Waals surface area contributed by atoms with Crippen molar-refractivity contribution < 1.29 is 4.42 Å². The molecule has 0 N–H and O–H groups in total. The molecule has 132 valence electrons. The molecule has 26 heavy (non-hydrogen) atoms. The lowest BCUT2D eigenvalue weighted by molar-refractivity contribution is 0.489. The zero-order valence-electron chi connectivity index (χ0n) is 15.3. The van der Waals surface area contributed by atoms with E-state index in [2.05, 4.69) is 9.67 Å². The third-order valence-electron chi connectivity index (χ3n) is 4.49. The van der Waals surface area contributed by atoms with Gasteiger partial charge in [0.15, 0.2) is 0 Å². The zero-order valence-corrected chi connectivity index (χ0v) is 15.3. The van der Waals surface area contributed by atoms with Crippen LogP contribution in [0.2, 0.25) is 0 Å². The van der Waals surface area contributed by atoms with Gasteiger partial charge in [0, 0.05) is 22.6 Å². The Morgan fingerprint density at radius 2 is 2.00 bits per heavy atom. The Kier molecular flexibility index (Phi) is 4.63. The molecular formula is C20H20N4O2. The van der Waals surface area contributed by atoms with Gasteiger partial charge in [0.2, 0.25) is 0 Å². The second-order valence-electron chi connectivity index (χ2n) is 6.31. The van der Waals surface area contributed by atoms with Crippen LogP contribution in [0.15, 0.2) is 44.8 Å². The predicted octanol–water partition coefficient (Wildman–Crippen LogP) is 3.28. The highest BCUT2D eigenvalue weighted by Gasteiger charge is 2.11. The minimum Gasteiger partial charge on any atom is -0.467 e. The van der Waals surface area contributed by atoms with Crippen LogP contribution in [0.3, 0.4) is 0 Å². The molecule has 0 saturated carbocycles. The molecule has 6 nitrogen and oxygen atoms in total. The second kappa shape index (κ2) is 6.89. The largest absolute Gasteiger partial charge is 0.467 e. The standard InChI is InChI=1S/C20H20N4O2/c1-13-8-15(3)24(20(25)19(13)10-21)22-11-17-9-14(2)23(16(17)4)12-18-6-5-7-26-18/h5-9,11H,12H2,1-4H3/b22-11-. The molecule has 0 atom stereocenters. The number of nitrogens with zero attached hydrogens (tertiary/aromatic N) is 4. The molecule has 0 aromatic carbocycles. The van der Waals surface area contributed by atoms with E-state index in [1.807, 2.05) is 38.1 Å². The van der Waals surface area contributed by atoms with Gasteiger partial charge in [-0.2, -0.15) is 10.4 Å². The van der Waals surface area contributed by atoms with Gasteiger partial charge in [-0.3, -0.25) is 4.79 Å². The maximum atomic E-state index is 12.4. The maximum absolute atomic E-state index is 12.4. The van der Waals surface area contributed by atoms with Crippen molar-refractivity contribution in [1.82, 2.24) is 9.24 Å². The first-order valence-electron chi connectivity index (χ1n) is 8.29. The summed E-state index contributed by atoms with van der Waals surface area (Å²) < 4.78 is 8.82. The van der Waals surface area contributed by atoms with Gasteiger partial charge in [-0.15, -0.1) is 0 Å². The van der Waals surface area contributed by atoms with Crippen molar-refractivity contribution in [3.63, 3.8) is 0 Å². The molecule has 0 saturated heterocycles. The molecule has 3 aromatic rings. The molecule has 0 fully saturated rings. The van der Waals surface area contributed by atoms with Gasteiger partial charge in [0.1, 0.15) is 17.4 Å². The van der Waals surface area contributed by atoms with Gasteiger partial charge >= 0.3 is 0 Å². The molecule has 0 spiro atoms. The van der Waals surface area contributed by atoms with Gasteiger partial charge in [0.25, 0.3) is 5.56 Å². The molecule has 6 heteroatoms. The zero-order chi connectivity index (χ0) is 18.8. The van der Waals surface area contributed by atoms with Crippen LogP contribution in [0.4, 0.5) is 0 Å². The van der Waals surface area contributed by atoms with Crippen LogP contribution < -0.4 is 5.56 Å². The van der Waals surface area contributed by atoms with Gasteiger partial charge in [-0.1, -0.05) is 0 Å². The van der Waals surface area contributed by atoms with Crippen molar-refractivity contribution >= 4 is 6.21 Å². The van der Waals surface area contributed by atoms with E-state index in [9.17, 15) is 10.1 Å². The van der Waals surface area contributed by atoms with Crippen molar-refractivity contribution in [3.8, 4) is 6.07 Å². The molecule has 0 aliphatic rings. The van der Waals surface area contributed by atoms with E-state index in [-0.39, 0.29) is 5.56 Å². The summed E-state index contributed by atoms with van der Waals surface area (Å²) in [6.45, 7) is 8.21. The molecule has 0 unspecified atom stereocenters. The highest BCUT2D eigenvalue weighted by Crippen LogP contribution is 2.16. The normalized spacial score (nSPS) is 11.2. The summed E-state index contributed by atoms with van der Waals surface area (Å²) in [6.07, 6.45) is 3.32. The molecule has 3 heterocycles. The van der Waals surface area contributed by atoms with Crippen LogP contribution >= 0.6 is 0 Å². The lowest BCUT2D eigenvalue weighted by atomic mass is 10.1. The fourth-order valence-corrected chi connectivity index (χ4v) is 3.04. The summed E-state index contributed by atoms with van der Waals surface area (Å²) >= 11 is 0. The van der Waals surface area contributed by atoms with E-state index >= 15 is 0 Å². The summed E-state index contributed by atoms with van der Waals surface area (Å²) in [7, 11) is 0. The molecule has 0 amide bonds. The Morgan fingerprint density at radius 3 is 2.65 bits per heavy atom. The predicted molar refractivity (Wildman–Crippen MR) is 99.6 cm³/mol. The number of rotatable bonds is 4. The van der Waals surface area contributed by atoms with E-state index in [1.54, 1.807) is 32.4 Å². The van der Waals surface area contributed by atoms with Gasteiger partial charge in [0.05, 0.1) is 19.0 Å². The highest BCUT2D eigenvalue weighted by molar-refractivity contribution is 5.81. The lowest BCUT2D eigenvalue weighted by Crippen LogP contribution is -2.22. The van der Waals surface area contributed by atoms with Crippen molar-refractivity contribution in [3.05, 3.63) is 80.4 Å². The van der Waals surface area contributed by atoms with Gasteiger partial charge in [-0.25, -0.2) is 4.68 Å². The number of furan rings is 1. The number of aryl methyl sites for hydroxylation is 3. The van der Waals surface area contributed by atoms with Crippen molar-refractivity contribution in [2.24, 2.45) is 5.10 Å². The molecular weight excluding hydrogens is 328 g/mol. The van der Waals surface area contributed by atoms with Crippen LogP contribution in [0, 0.1) is 39.0 Å². The third-order valence-corrected chi connectivity index (χ3v) is 4.49. The highest BCUT2D eigenvalue weighted by atomic mass is 16.3. The lowest BCUT2D eigenvalue weighted by Gasteiger charge is -2.07. The SMILES string of the molecule is Cc1cc(C)n(/N=C\c2cc(C)n(Cc3ccco3)c2C)c(=O)c1C#N. The molecule has 0 aliphatic heterocycles. The summed E-state index contributed by atoms with van der Waals surface area (Å²) in [5.74, 6) is 0.875. The first kappa shape index (κ1) is 17.5. The fourth-order valence-electron chi connectivity index (χ4n) is 3.04. The quantitative estimate of drug-likeness (QED) is 0.679. The minimum atomic E-state index is -0.398. The Balaban J connectivity index is 1.98. The second-order valence-corrected chi connectivity index (χ2v) is 6.31. The molecule has 0 radical (unpaired) electrons. The van der Waals surface area contributed by atoms with Crippen LogP contribution in [0.1, 0.15) is 39.5 Å². The Bertz CT molecular complexity index is 1080. The fraction of sp³-hybridized carbons (Fsp3) is 0.250. The van der Waals surface area contributed by atoms with E-state index in [0.717, 1.165) is 22.7 Å². The van der Waals surface area contributed by atoms with Crippen molar-refractivity contribution in [2.75, 3.05) is 0 Å². The molecule has 0 bridgehead atoms. The Labute approximate surface area is 151 Å². The molecule has 3 rings (SSSR count). The number of nitriles is 1. The first-order chi connectivity index (χ1) is 12.4. The third kappa shape index (κ3) is 3.11. The Morgan fingerprint density at radius 1 is 1.23 bits per heavy atom. The van der Waals surface area contributed by atoms with E-state index in [0.29, 0.717) is 17.8 Å². The molecule has 3 aromatic heterocycles. The Hall–Kier alpha value is -3.33. The summed E-state index contributed by atoms with van der Waals surface area (Å²) in [5.41, 5.74) is 4.10. The van der Waals surface area contributed by atoms with E-state index in [4.69, 9.17) is 4.42 Å². The van der Waals surface area contributed by atoms with Gasteiger partial charge in [-0.05, 0) is 57.5 Å². The summed E-state index contributed by atoms with van der Waals surface area (Å²) in [4.78, 5) is 12.4. The first-order valence-corrected chi connectivity index (χ1v) is 8.29. The van der Waals surface area contributed by atoms with Crippen LogP contribution in [-0.4, -0.2) is 15.5 Å². The summed E-state index contributed by atoms with van der Waals surface area (Å²) in [6, 6.07) is 9.56. The topological polar surface area (TPSA) is 76.2 Å². The average molecular weight is 348 g/mol. The van der Waals surface area contributed by atoms with Crippen molar-refractivity contribution in [2.45, 2.75) is 34.2 Å². The van der Waals surface area contributed by atoms with E-state index < -0.39 is 5.56 Å². The number of hydrogen-bond acceptors (Lipinski definition) is 4. The maximum Gasteiger partial charge on any atom is 0.289 e. The average Bonchev–Trinajstić information content (AvgIpc) is 3.19. The summed E-state index contributed by atoms with van der Waals surface area (Å²) in [5, 5.41) is 13.5. The number of hydrogen-bond donors (Lipinski definition) is 0. The number of pyridine rings is 1. The number of aromatic nitrogens is 2.